The summed E-state index contributed by atoms with van der Waals surface area (Å²) in [5.41, 5.74) is 1.24. The van der Waals surface area contributed by atoms with Gasteiger partial charge >= 0.3 is 0 Å². The van der Waals surface area contributed by atoms with Crippen LogP contribution in [-0.4, -0.2) is 18.2 Å². The van der Waals surface area contributed by atoms with Crippen LogP contribution < -0.4 is 5.32 Å². The SMILES string of the molecule is CNC(=O)[C@H](C)SCc1ccc(Br)cc1. The molecule has 15 heavy (non-hydrogen) atoms. The van der Waals surface area contributed by atoms with Crippen molar-refractivity contribution in [2.75, 3.05) is 7.05 Å². The third-order valence-electron chi connectivity index (χ3n) is 2.03. The number of thioether (sulfide) groups is 1. The Labute approximate surface area is 103 Å². The molecular weight excluding hydrogens is 274 g/mol. The lowest BCUT2D eigenvalue weighted by molar-refractivity contribution is -0.119. The zero-order chi connectivity index (χ0) is 11.3. The molecule has 0 aliphatic carbocycles. The molecule has 1 aromatic rings. The zero-order valence-electron chi connectivity index (χ0n) is 8.79. The van der Waals surface area contributed by atoms with Gasteiger partial charge in [-0.2, -0.15) is 0 Å². The van der Waals surface area contributed by atoms with Gasteiger partial charge in [0.25, 0.3) is 0 Å². The molecule has 1 rings (SSSR count). The Morgan fingerprint density at radius 3 is 2.60 bits per heavy atom. The Morgan fingerprint density at radius 1 is 1.47 bits per heavy atom. The van der Waals surface area contributed by atoms with Crippen LogP contribution >= 0.6 is 27.7 Å². The maximum atomic E-state index is 11.2. The minimum absolute atomic E-state index is 0.00125. The van der Waals surface area contributed by atoms with Gasteiger partial charge in [-0.25, -0.2) is 0 Å². The van der Waals surface area contributed by atoms with Crippen LogP contribution in [0, 0.1) is 0 Å². The van der Waals surface area contributed by atoms with E-state index in [1.807, 2.05) is 19.1 Å². The maximum Gasteiger partial charge on any atom is 0.232 e. The molecule has 0 aromatic heterocycles. The van der Waals surface area contributed by atoms with Gasteiger partial charge in [0.15, 0.2) is 0 Å². The average molecular weight is 288 g/mol. The van der Waals surface area contributed by atoms with Gasteiger partial charge in [0.1, 0.15) is 0 Å². The van der Waals surface area contributed by atoms with Crippen LogP contribution in [0.4, 0.5) is 0 Å². The van der Waals surface area contributed by atoms with E-state index in [9.17, 15) is 4.79 Å². The summed E-state index contributed by atoms with van der Waals surface area (Å²) < 4.78 is 1.08. The monoisotopic (exact) mass is 287 g/mol. The molecule has 1 aromatic carbocycles. The van der Waals surface area contributed by atoms with Crippen molar-refractivity contribution in [2.24, 2.45) is 0 Å². The summed E-state index contributed by atoms with van der Waals surface area (Å²) in [6.07, 6.45) is 0. The smallest absolute Gasteiger partial charge is 0.232 e. The van der Waals surface area contributed by atoms with Gasteiger partial charge in [-0.05, 0) is 24.6 Å². The number of benzene rings is 1. The van der Waals surface area contributed by atoms with Crippen LogP contribution in [0.1, 0.15) is 12.5 Å². The minimum Gasteiger partial charge on any atom is -0.358 e. The Hall–Kier alpha value is -0.480. The van der Waals surface area contributed by atoms with Crippen molar-refractivity contribution in [1.82, 2.24) is 5.32 Å². The molecule has 0 aliphatic rings. The molecule has 0 aliphatic heterocycles. The zero-order valence-corrected chi connectivity index (χ0v) is 11.2. The summed E-state index contributed by atoms with van der Waals surface area (Å²) in [5, 5.41) is 2.64. The van der Waals surface area contributed by atoms with Crippen LogP contribution in [0.25, 0.3) is 0 Å². The summed E-state index contributed by atoms with van der Waals surface area (Å²) in [4.78, 5) is 11.2. The van der Waals surface area contributed by atoms with E-state index in [4.69, 9.17) is 0 Å². The van der Waals surface area contributed by atoms with Gasteiger partial charge in [0, 0.05) is 17.3 Å². The van der Waals surface area contributed by atoms with Crippen molar-refractivity contribution in [3.8, 4) is 0 Å². The number of rotatable bonds is 4. The summed E-state index contributed by atoms with van der Waals surface area (Å²) in [6.45, 7) is 1.92. The molecule has 0 fully saturated rings. The third kappa shape index (κ3) is 4.26. The van der Waals surface area contributed by atoms with E-state index in [1.165, 1.54) is 5.56 Å². The highest BCUT2D eigenvalue weighted by molar-refractivity contribution is 9.10. The molecule has 0 bridgehead atoms. The molecule has 0 spiro atoms. The van der Waals surface area contributed by atoms with Crippen LogP contribution in [0.2, 0.25) is 0 Å². The van der Waals surface area contributed by atoms with E-state index in [1.54, 1.807) is 18.8 Å². The molecule has 1 atom stereocenters. The molecule has 4 heteroatoms. The lowest BCUT2D eigenvalue weighted by atomic mass is 10.2. The second-order valence-electron chi connectivity index (χ2n) is 3.19. The molecular formula is C11H14BrNOS. The number of carbonyl (C=O) groups is 1. The first kappa shape index (κ1) is 12.6. The molecule has 0 heterocycles. The standard InChI is InChI=1S/C11H14BrNOS/c1-8(11(14)13-2)15-7-9-3-5-10(12)6-4-9/h3-6,8H,7H2,1-2H3,(H,13,14)/t8-/m0/s1. The highest BCUT2D eigenvalue weighted by Gasteiger charge is 2.10. The van der Waals surface area contributed by atoms with E-state index < -0.39 is 0 Å². The van der Waals surface area contributed by atoms with Gasteiger partial charge in [-0.15, -0.1) is 11.8 Å². The average Bonchev–Trinajstić information content (AvgIpc) is 2.26. The maximum absolute atomic E-state index is 11.2. The molecule has 82 valence electrons. The fourth-order valence-electron chi connectivity index (χ4n) is 1.08. The topological polar surface area (TPSA) is 29.1 Å². The largest absolute Gasteiger partial charge is 0.358 e. The first-order valence-corrected chi connectivity index (χ1v) is 6.55. The fraction of sp³-hybridized carbons (Fsp3) is 0.364. The van der Waals surface area contributed by atoms with E-state index in [2.05, 4.69) is 33.4 Å². The first-order valence-electron chi connectivity index (χ1n) is 4.71. The summed E-state index contributed by atoms with van der Waals surface area (Å²) in [7, 11) is 1.67. The number of hydrogen-bond donors (Lipinski definition) is 1. The molecule has 1 N–H and O–H groups in total. The van der Waals surface area contributed by atoms with Crippen LogP contribution in [0.5, 0.6) is 0 Å². The molecule has 0 saturated heterocycles. The second-order valence-corrected chi connectivity index (χ2v) is 5.44. The molecule has 0 saturated carbocycles. The van der Waals surface area contributed by atoms with Crippen molar-refractivity contribution in [3.63, 3.8) is 0 Å². The highest BCUT2D eigenvalue weighted by atomic mass is 79.9. The number of amides is 1. The van der Waals surface area contributed by atoms with Crippen molar-refractivity contribution in [3.05, 3.63) is 34.3 Å². The number of halogens is 1. The third-order valence-corrected chi connectivity index (χ3v) is 3.77. The lowest BCUT2D eigenvalue weighted by Crippen LogP contribution is -2.27. The van der Waals surface area contributed by atoms with E-state index in [-0.39, 0.29) is 11.2 Å². The van der Waals surface area contributed by atoms with Crippen molar-refractivity contribution in [2.45, 2.75) is 17.9 Å². The van der Waals surface area contributed by atoms with Crippen molar-refractivity contribution in [1.29, 1.82) is 0 Å². The highest BCUT2D eigenvalue weighted by Crippen LogP contribution is 2.19. The summed E-state index contributed by atoms with van der Waals surface area (Å²) in [5.74, 6) is 0.944. The van der Waals surface area contributed by atoms with E-state index in [0.717, 1.165) is 10.2 Å². The number of hydrogen-bond acceptors (Lipinski definition) is 2. The molecule has 0 radical (unpaired) electrons. The summed E-state index contributed by atoms with van der Waals surface area (Å²) >= 11 is 5.03. The van der Waals surface area contributed by atoms with E-state index >= 15 is 0 Å². The molecule has 2 nitrogen and oxygen atoms in total. The van der Waals surface area contributed by atoms with E-state index in [0.29, 0.717) is 0 Å². The first-order chi connectivity index (χ1) is 7.13. The normalized spacial score (nSPS) is 12.2. The van der Waals surface area contributed by atoms with Gasteiger partial charge in [0.2, 0.25) is 5.91 Å². The predicted octanol–water partition coefficient (Wildman–Crippen LogP) is 2.82. The Morgan fingerprint density at radius 2 is 2.07 bits per heavy atom. The Balaban J connectivity index is 2.43. The van der Waals surface area contributed by atoms with Gasteiger partial charge in [-0.3, -0.25) is 4.79 Å². The van der Waals surface area contributed by atoms with Gasteiger partial charge in [0.05, 0.1) is 5.25 Å². The number of nitrogens with one attached hydrogen (secondary N) is 1. The van der Waals surface area contributed by atoms with Crippen molar-refractivity contribution < 1.29 is 4.79 Å². The fourth-order valence-corrected chi connectivity index (χ4v) is 2.25. The predicted molar refractivity (Wildman–Crippen MR) is 69.0 cm³/mol. The van der Waals surface area contributed by atoms with Crippen LogP contribution in [0.15, 0.2) is 28.7 Å². The van der Waals surface area contributed by atoms with Crippen LogP contribution in [0.3, 0.4) is 0 Å². The van der Waals surface area contributed by atoms with Gasteiger partial charge < -0.3 is 5.32 Å². The minimum atomic E-state index is -0.00125. The molecule has 0 unspecified atom stereocenters. The summed E-state index contributed by atoms with van der Waals surface area (Å²) in [6, 6.07) is 8.15. The quantitative estimate of drug-likeness (QED) is 0.923. The number of carbonyl (C=O) groups excluding carboxylic acids is 1. The van der Waals surface area contributed by atoms with Gasteiger partial charge in [-0.1, -0.05) is 28.1 Å². The lowest BCUT2D eigenvalue weighted by Gasteiger charge is -2.09. The molecule has 1 amide bonds. The van der Waals surface area contributed by atoms with Crippen LogP contribution in [-0.2, 0) is 10.5 Å². The Kier molecular flexibility index (Phi) is 5.19. The Bertz CT molecular complexity index is 326. The van der Waals surface area contributed by atoms with Crippen molar-refractivity contribution >= 4 is 33.6 Å². The second kappa shape index (κ2) is 6.18.